The first-order chi connectivity index (χ1) is 13.1. The molecule has 136 valence electrons. The minimum atomic E-state index is -0.484. The van der Waals surface area contributed by atoms with Crippen molar-refractivity contribution >= 4 is 17.7 Å². The molecule has 0 spiro atoms. The molecule has 2 aromatic carbocycles. The quantitative estimate of drug-likeness (QED) is 0.673. The number of hydrogen-bond acceptors (Lipinski definition) is 3. The van der Waals surface area contributed by atoms with E-state index in [9.17, 15) is 14.4 Å². The van der Waals surface area contributed by atoms with Gasteiger partial charge in [0.1, 0.15) is 0 Å². The Morgan fingerprint density at radius 1 is 0.963 bits per heavy atom. The molecule has 1 aliphatic heterocycles. The van der Waals surface area contributed by atoms with Gasteiger partial charge in [0.25, 0.3) is 11.8 Å². The first-order valence-electron chi connectivity index (χ1n) is 9.05. The van der Waals surface area contributed by atoms with Gasteiger partial charge in [0.15, 0.2) is 0 Å². The number of carbonyl (C=O) groups excluding carboxylic acids is 3. The fourth-order valence-corrected chi connectivity index (χ4v) is 3.89. The van der Waals surface area contributed by atoms with Crippen molar-refractivity contribution in [1.29, 1.82) is 0 Å². The van der Waals surface area contributed by atoms with Gasteiger partial charge in [-0.05, 0) is 43.4 Å². The molecule has 0 fully saturated rings. The molecule has 2 atom stereocenters. The van der Waals surface area contributed by atoms with Gasteiger partial charge >= 0.3 is 0 Å². The van der Waals surface area contributed by atoms with Crippen LogP contribution in [0.2, 0.25) is 0 Å². The van der Waals surface area contributed by atoms with Gasteiger partial charge in [-0.1, -0.05) is 54.1 Å². The Morgan fingerprint density at radius 2 is 1.56 bits per heavy atom. The molecular weight excluding hydrogens is 340 g/mol. The number of amides is 3. The molecule has 0 bridgehead atoms. The average Bonchev–Trinajstić information content (AvgIpc) is 2.94. The maximum absolute atomic E-state index is 13.0. The number of nitrogens with zero attached hydrogens (tertiary/aromatic N) is 1. The minimum absolute atomic E-state index is 0.0198. The van der Waals surface area contributed by atoms with Crippen LogP contribution in [0.15, 0.2) is 66.2 Å². The van der Waals surface area contributed by atoms with E-state index in [0.717, 1.165) is 17.0 Å². The molecule has 0 saturated carbocycles. The largest absolute Gasteiger partial charge is 0.280 e. The highest BCUT2D eigenvalue weighted by Crippen LogP contribution is 2.37. The molecule has 2 aromatic rings. The fraction of sp³-hybridized carbons (Fsp3) is 0.227. The zero-order valence-corrected chi connectivity index (χ0v) is 15.0. The Kier molecular flexibility index (Phi) is 4.36. The summed E-state index contributed by atoms with van der Waals surface area (Å²) < 4.78 is 0. The van der Waals surface area contributed by atoms with Crippen molar-refractivity contribution in [3.8, 4) is 0 Å². The van der Waals surface area contributed by atoms with E-state index in [4.69, 9.17) is 0 Å². The summed E-state index contributed by atoms with van der Waals surface area (Å²) in [6.07, 6.45) is 3.43. The molecule has 2 aliphatic rings. The molecule has 0 aromatic heterocycles. The van der Waals surface area contributed by atoms with Crippen LogP contribution in [-0.4, -0.2) is 22.7 Å². The lowest BCUT2D eigenvalue weighted by atomic mass is 9.75. The number of allylic oxidation sites excluding steroid dienone is 2. The summed E-state index contributed by atoms with van der Waals surface area (Å²) >= 11 is 0. The van der Waals surface area contributed by atoms with Crippen LogP contribution in [-0.2, 0) is 4.79 Å². The fourth-order valence-electron chi connectivity index (χ4n) is 3.89. The predicted octanol–water partition coefficient (Wildman–Crippen LogP) is 3.45. The van der Waals surface area contributed by atoms with Crippen molar-refractivity contribution in [1.82, 2.24) is 10.4 Å². The van der Waals surface area contributed by atoms with Crippen molar-refractivity contribution < 1.29 is 14.4 Å². The number of carbonyl (C=O) groups is 3. The zero-order valence-electron chi connectivity index (χ0n) is 15.0. The third-order valence-corrected chi connectivity index (χ3v) is 5.33. The van der Waals surface area contributed by atoms with Gasteiger partial charge in [0.2, 0.25) is 5.91 Å². The van der Waals surface area contributed by atoms with Crippen LogP contribution in [0.4, 0.5) is 0 Å². The van der Waals surface area contributed by atoms with Crippen molar-refractivity contribution in [2.45, 2.75) is 25.7 Å². The van der Waals surface area contributed by atoms with Crippen molar-refractivity contribution in [2.75, 3.05) is 0 Å². The topological polar surface area (TPSA) is 66.5 Å². The van der Waals surface area contributed by atoms with Crippen LogP contribution >= 0.6 is 0 Å². The number of fused-ring (bicyclic) bond motifs is 1. The van der Waals surface area contributed by atoms with Gasteiger partial charge in [-0.3, -0.25) is 19.8 Å². The number of nitrogens with one attached hydrogen (secondary N) is 1. The lowest BCUT2D eigenvalue weighted by Gasteiger charge is -2.31. The molecular formula is C22H20N2O3. The molecule has 1 heterocycles. The number of hydrogen-bond donors (Lipinski definition) is 1. The number of benzene rings is 2. The summed E-state index contributed by atoms with van der Waals surface area (Å²) in [6, 6.07) is 16.5. The molecule has 4 rings (SSSR count). The van der Waals surface area contributed by atoms with E-state index in [-0.39, 0.29) is 17.7 Å². The van der Waals surface area contributed by atoms with E-state index in [0.29, 0.717) is 17.5 Å². The molecule has 5 heteroatoms. The third kappa shape index (κ3) is 3.05. The monoisotopic (exact) mass is 360 g/mol. The van der Waals surface area contributed by atoms with Gasteiger partial charge in [-0.2, -0.15) is 5.01 Å². The lowest BCUT2D eigenvalue weighted by molar-refractivity contribution is -0.129. The van der Waals surface area contributed by atoms with Crippen molar-refractivity contribution in [3.05, 3.63) is 82.9 Å². The van der Waals surface area contributed by atoms with Gasteiger partial charge in [-0.25, -0.2) is 0 Å². The van der Waals surface area contributed by atoms with E-state index in [1.165, 1.54) is 5.57 Å². The van der Waals surface area contributed by atoms with Crippen LogP contribution in [0.5, 0.6) is 0 Å². The zero-order chi connectivity index (χ0) is 19.0. The van der Waals surface area contributed by atoms with Crippen LogP contribution in [0.25, 0.3) is 0 Å². The van der Waals surface area contributed by atoms with Crippen LogP contribution in [0.3, 0.4) is 0 Å². The Balaban J connectivity index is 1.57. The summed E-state index contributed by atoms with van der Waals surface area (Å²) in [5, 5.41) is 0.847. The second-order valence-electron chi connectivity index (χ2n) is 7.08. The second-order valence-corrected chi connectivity index (χ2v) is 7.08. The first kappa shape index (κ1) is 17.2. The third-order valence-electron chi connectivity index (χ3n) is 5.33. The SMILES string of the molecule is CC1=CC[C@H](C(=O)NN2C(=O)c3ccccc3C2=O)[C@@H](c2ccccc2)C1. The van der Waals surface area contributed by atoms with E-state index in [2.05, 4.69) is 18.4 Å². The maximum Gasteiger partial charge on any atom is 0.280 e. The molecule has 1 N–H and O–H groups in total. The highest BCUT2D eigenvalue weighted by atomic mass is 16.2. The van der Waals surface area contributed by atoms with E-state index in [1.807, 2.05) is 30.3 Å². The average molecular weight is 360 g/mol. The van der Waals surface area contributed by atoms with E-state index < -0.39 is 11.8 Å². The highest BCUT2D eigenvalue weighted by molar-refractivity contribution is 6.21. The van der Waals surface area contributed by atoms with Gasteiger partial charge in [0.05, 0.1) is 17.0 Å². The second kappa shape index (κ2) is 6.83. The van der Waals surface area contributed by atoms with Crippen LogP contribution in [0.1, 0.15) is 52.0 Å². The Morgan fingerprint density at radius 3 is 2.19 bits per heavy atom. The lowest BCUT2D eigenvalue weighted by Crippen LogP contribution is -2.49. The summed E-state index contributed by atoms with van der Waals surface area (Å²) in [4.78, 5) is 38.0. The van der Waals surface area contributed by atoms with E-state index >= 15 is 0 Å². The van der Waals surface area contributed by atoms with Crippen molar-refractivity contribution in [3.63, 3.8) is 0 Å². The number of imide groups is 1. The molecule has 0 unspecified atom stereocenters. The Labute approximate surface area is 157 Å². The number of hydrazine groups is 1. The van der Waals surface area contributed by atoms with Crippen molar-refractivity contribution in [2.24, 2.45) is 5.92 Å². The smallest absolute Gasteiger partial charge is 0.273 e. The Hall–Kier alpha value is -3.21. The molecule has 1 aliphatic carbocycles. The normalized spacial score (nSPS) is 21.7. The van der Waals surface area contributed by atoms with E-state index in [1.54, 1.807) is 24.3 Å². The number of rotatable bonds is 3. The maximum atomic E-state index is 13.0. The summed E-state index contributed by atoms with van der Waals surface area (Å²) in [7, 11) is 0. The molecule has 27 heavy (non-hydrogen) atoms. The predicted molar refractivity (Wildman–Crippen MR) is 101 cm³/mol. The summed E-state index contributed by atoms with van der Waals surface area (Å²) in [6.45, 7) is 2.06. The molecule has 3 amide bonds. The van der Waals surface area contributed by atoms with Gasteiger partial charge in [0, 0.05) is 0 Å². The van der Waals surface area contributed by atoms with Gasteiger partial charge in [-0.15, -0.1) is 0 Å². The molecule has 0 radical (unpaired) electrons. The highest BCUT2D eigenvalue weighted by Gasteiger charge is 2.39. The summed E-state index contributed by atoms with van der Waals surface area (Å²) in [5.41, 5.74) is 5.55. The minimum Gasteiger partial charge on any atom is -0.273 e. The Bertz CT molecular complexity index is 914. The van der Waals surface area contributed by atoms with Crippen LogP contribution in [0, 0.1) is 5.92 Å². The standard InChI is InChI=1S/C22H20N2O3/c1-14-11-12-16(19(13-14)15-7-3-2-4-8-15)20(25)23-24-21(26)17-9-5-6-10-18(17)22(24)27/h2-11,16,19H,12-13H2,1H3,(H,23,25)/t16-,19+/m0/s1. The van der Waals surface area contributed by atoms with Gasteiger partial charge < -0.3 is 0 Å². The van der Waals surface area contributed by atoms with Crippen LogP contribution < -0.4 is 5.43 Å². The summed E-state index contributed by atoms with van der Waals surface area (Å²) in [5.74, 6) is -1.58. The first-order valence-corrected chi connectivity index (χ1v) is 9.05. The molecule has 5 nitrogen and oxygen atoms in total. The molecule has 0 saturated heterocycles.